The van der Waals surface area contributed by atoms with E-state index in [-0.39, 0.29) is 11.3 Å². The number of nitriles is 1. The highest BCUT2D eigenvalue weighted by molar-refractivity contribution is 7.90. The molecule has 1 N–H and O–H groups in total. The third-order valence-corrected chi connectivity index (χ3v) is 3.40. The Morgan fingerprint density at radius 3 is 2.72 bits per heavy atom. The molecule has 0 aromatic heterocycles. The van der Waals surface area contributed by atoms with E-state index in [1.165, 1.54) is 12.3 Å². The summed E-state index contributed by atoms with van der Waals surface area (Å²) in [5, 5.41) is 11.6. The van der Waals surface area contributed by atoms with E-state index < -0.39 is 15.7 Å². The van der Waals surface area contributed by atoms with Gasteiger partial charge in [-0.15, -0.1) is 0 Å². The number of nitrogens with zero attached hydrogens (tertiary/aromatic N) is 1. The highest BCUT2D eigenvalue weighted by atomic mass is 32.2. The molecule has 98 valence electrons. The van der Waals surface area contributed by atoms with E-state index in [9.17, 15) is 12.8 Å². The van der Waals surface area contributed by atoms with Crippen molar-refractivity contribution < 1.29 is 12.8 Å². The van der Waals surface area contributed by atoms with Crippen molar-refractivity contribution in [3.63, 3.8) is 0 Å². The van der Waals surface area contributed by atoms with Crippen LogP contribution in [0.3, 0.4) is 0 Å². The summed E-state index contributed by atoms with van der Waals surface area (Å²) in [5.41, 5.74) is 0.752. The molecule has 6 heteroatoms. The molecule has 0 spiro atoms. The fourth-order valence-corrected chi connectivity index (χ4v) is 2.11. The number of halogens is 1. The molecule has 0 fully saturated rings. The second kappa shape index (κ2) is 6.47. The molecule has 0 radical (unpaired) electrons. The van der Waals surface area contributed by atoms with Gasteiger partial charge < -0.3 is 5.32 Å². The molecule has 18 heavy (non-hydrogen) atoms. The van der Waals surface area contributed by atoms with Crippen molar-refractivity contribution in [3.05, 3.63) is 35.1 Å². The lowest BCUT2D eigenvalue weighted by Crippen LogP contribution is -2.18. The first-order chi connectivity index (χ1) is 8.42. The Morgan fingerprint density at radius 2 is 2.17 bits per heavy atom. The molecule has 1 rings (SSSR count). The van der Waals surface area contributed by atoms with Crippen molar-refractivity contribution in [1.29, 1.82) is 5.26 Å². The summed E-state index contributed by atoms with van der Waals surface area (Å²) in [7, 11) is -2.94. The van der Waals surface area contributed by atoms with Gasteiger partial charge in [0.15, 0.2) is 0 Å². The van der Waals surface area contributed by atoms with Gasteiger partial charge in [0.2, 0.25) is 0 Å². The van der Waals surface area contributed by atoms with Crippen LogP contribution in [-0.2, 0) is 16.4 Å². The van der Waals surface area contributed by atoms with Crippen LogP contribution in [0.5, 0.6) is 0 Å². The van der Waals surface area contributed by atoms with E-state index in [4.69, 9.17) is 5.26 Å². The zero-order chi connectivity index (χ0) is 13.6. The maximum Gasteiger partial charge on any atom is 0.147 e. The fraction of sp³-hybridized carbons (Fsp3) is 0.417. The standard InChI is InChI=1S/C12H15FN2O2S/c1-18(16,17)6-2-5-15-9-11-4-3-10(8-14)7-12(11)13/h3-4,7,15H,2,5-6,9H2,1H3. The van der Waals surface area contributed by atoms with Crippen LogP contribution < -0.4 is 5.32 Å². The molecule has 1 aromatic carbocycles. The van der Waals surface area contributed by atoms with E-state index in [0.29, 0.717) is 25.1 Å². The Hall–Kier alpha value is -1.45. The SMILES string of the molecule is CS(=O)(=O)CCCNCc1ccc(C#N)cc1F. The summed E-state index contributed by atoms with van der Waals surface area (Å²) in [6.07, 6.45) is 1.68. The fourth-order valence-electron chi connectivity index (χ4n) is 1.44. The number of sulfone groups is 1. The summed E-state index contributed by atoms with van der Waals surface area (Å²) in [6, 6.07) is 6.15. The maximum atomic E-state index is 13.4. The molecule has 0 aliphatic rings. The number of nitrogens with one attached hydrogen (secondary N) is 1. The molecule has 1 aromatic rings. The van der Waals surface area contributed by atoms with Crippen LogP contribution in [0, 0.1) is 17.1 Å². The molecule has 0 unspecified atom stereocenters. The largest absolute Gasteiger partial charge is 0.313 e. The molecule has 4 nitrogen and oxygen atoms in total. The second-order valence-electron chi connectivity index (χ2n) is 4.08. The van der Waals surface area contributed by atoms with Gasteiger partial charge in [-0.3, -0.25) is 0 Å². The average molecular weight is 270 g/mol. The predicted octanol–water partition coefficient (Wildman–Crippen LogP) is 1.22. The minimum Gasteiger partial charge on any atom is -0.313 e. The Balaban J connectivity index is 2.39. The molecule has 0 amide bonds. The first kappa shape index (κ1) is 14.6. The van der Waals surface area contributed by atoms with Gasteiger partial charge in [0, 0.05) is 18.4 Å². The van der Waals surface area contributed by atoms with Crippen molar-refractivity contribution in [2.24, 2.45) is 0 Å². The van der Waals surface area contributed by atoms with Gasteiger partial charge in [-0.1, -0.05) is 6.07 Å². The Morgan fingerprint density at radius 1 is 1.44 bits per heavy atom. The molecule has 0 aliphatic heterocycles. The highest BCUT2D eigenvalue weighted by Gasteiger charge is 2.04. The Bertz CT molecular complexity index is 550. The Labute approximate surface area is 106 Å². The number of hydrogen-bond acceptors (Lipinski definition) is 4. The van der Waals surface area contributed by atoms with Gasteiger partial charge in [-0.2, -0.15) is 5.26 Å². The zero-order valence-electron chi connectivity index (χ0n) is 10.1. The number of hydrogen-bond donors (Lipinski definition) is 1. The second-order valence-corrected chi connectivity index (χ2v) is 6.34. The topological polar surface area (TPSA) is 70.0 Å². The van der Waals surface area contributed by atoms with E-state index in [0.717, 1.165) is 0 Å². The molecule has 0 heterocycles. The smallest absolute Gasteiger partial charge is 0.147 e. The quantitative estimate of drug-likeness (QED) is 0.789. The van der Waals surface area contributed by atoms with Crippen LogP contribution in [0.25, 0.3) is 0 Å². The van der Waals surface area contributed by atoms with Crippen molar-refractivity contribution >= 4 is 9.84 Å². The molecule has 0 bridgehead atoms. The molecular weight excluding hydrogens is 255 g/mol. The van der Waals surface area contributed by atoms with Crippen LogP contribution >= 0.6 is 0 Å². The van der Waals surface area contributed by atoms with E-state index in [1.54, 1.807) is 12.1 Å². The van der Waals surface area contributed by atoms with E-state index in [2.05, 4.69) is 5.32 Å². The van der Waals surface area contributed by atoms with Gasteiger partial charge in [0.05, 0.1) is 17.4 Å². The van der Waals surface area contributed by atoms with Crippen molar-refractivity contribution in [2.75, 3.05) is 18.6 Å². The lowest BCUT2D eigenvalue weighted by Gasteiger charge is -2.05. The van der Waals surface area contributed by atoms with Crippen LogP contribution in [0.1, 0.15) is 17.5 Å². The molecule has 0 atom stereocenters. The van der Waals surface area contributed by atoms with Crippen LogP contribution in [-0.4, -0.2) is 27.0 Å². The highest BCUT2D eigenvalue weighted by Crippen LogP contribution is 2.09. The zero-order valence-corrected chi connectivity index (χ0v) is 10.9. The third kappa shape index (κ3) is 5.25. The molecule has 0 aliphatic carbocycles. The first-order valence-electron chi connectivity index (χ1n) is 5.49. The maximum absolute atomic E-state index is 13.4. The average Bonchev–Trinajstić information content (AvgIpc) is 2.29. The van der Waals surface area contributed by atoms with Crippen molar-refractivity contribution in [2.45, 2.75) is 13.0 Å². The lowest BCUT2D eigenvalue weighted by atomic mass is 10.1. The van der Waals surface area contributed by atoms with Gasteiger partial charge in [0.25, 0.3) is 0 Å². The van der Waals surface area contributed by atoms with Gasteiger partial charge >= 0.3 is 0 Å². The van der Waals surface area contributed by atoms with Crippen LogP contribution in [0.15, 0.2) is 18.2 Å². The van der Waals surface area contributed by atoms with Gasteiger partial charge in [-0.05, 0) is 25.1 Å². The summed E-state index contributed by atoms with van der Waals surface area (Å²) >= 11 is 0. The third-order valence-electron chi connectivity index (χ3n) is 2.37. The summed E-state index contributed by atoms with van der Waals surface area (Å²) in [5.74, 6) is -0.305. The normalized spacial score (nSPS) is 11.2. The number of benzene rings is 1. The van der Waals surface area contributed by atoms with Gasteiger partial charge in [-0.25, -0.2) is 12.8 Å². The van der Waals surface area contributed by atoms with E-state index >= 15 is 0 Å². The van der Waals surface area contributed by atoms with Crippen LogP contribution in [0.2, 0.25) is 0 Å². The van der Waals surface area contributed by atoms with Crippen LogP contribution in [0.4, 0.5) is 4.39 Å². The summed E-state index contributed by atoms with van der Waals surface area (Å²) < 4.78 is 35.2. The molecule has 0 saturated carbocycles. The summed E-state index contributed by atoms with van der Waals surface area (Å²) in [6.45, 7) is 0.827. The minimum absolute atomic E-state index is 0.121. The summed E-state index contributed by atoms with van der Waals surface area (Å²) in [4.78, 5) is 0. The molecular formula is C12H15FN2O2S. The van der Waals surface area contributed by atoms with E-state index in [1.807, 2.05) is 6.07 Å². The van der Waals surface area contributed by atoms with Gasteiger partial charge in [0.1, 0.15) is 15.7 Å². The first-order valence-corrected chi connectivity index (χ1v) is 7.55. The minimum atomic E-state index is -2.94. The van der Waals surface area contributed by atoms with Crippen molar-refractivity contribution in [1.82, 2.24) is 5.32 Å². The monoisotopic (exact) mass is 270 g/mol. The predicted molar refractivity (Wildman–Crippen MR) is 67.1 cm³/mol. The molecule has 0 saturated heterocycles. The van der Waals surface area contributed by atoms with Crippen molar-refractivity contribution in [3.8, 4) is 6.07 Å². The lowest BCUT2D eigenvalue weighted by molar-refractivity contribution is 0.579. The Kier molecular flexibility index (Phi) is 5.25. The number of rotatable bonds is 6.